The molecule has 0 fully saturated rings. The Morgan fingerprint density at radius 2 is 1.21 bits per heavy atom. The standard InChI is InChI=1S/C24H32/c1-3-4-5-11-15-20-24-21-16-13-10-8-6-7-9-12-14-18-23(2)19-17-22-24/h6-10,12-14,16-19,21-22H,3-5,11,15,20H2,1-2H3. The van der Waals surface area contributed by atoms with E-state index < -0.39 is 0 Å². The molecule has 1 aliphatic rings. The Kier molecular flexibility index (Phi) is 12.1. The van der Waals surface area contributed by atoms with Gasteiger partial charge in [0.05, 0.1) is 0 Å². The molecule has 0 aliphatic heterocycles. The van der Waals surface area contributed by atoms with Crippen molar-refractivity contribution in [1.29, 1.82) is 0 Å². The van der Waals surface area contributed by atoms with Gasteiger partial charge < -0.3 is 0 Å². The highest BCUT2D eigenvalue weighted by Gasteiger charge is 1.93. The Labute approximate surface area is 149 Å². The Balaban J connectivity index is 2.74. The van der Waals surface area contributed by atoms with E-state index in [0.29, 0.717) is 0 Å². The molecule has 24 heavy (non-hydrogen) atoms. The first-order chi connectivity index (χ1) is 11.8. The third-order valence-corrected chi connectivity index (χ3v) is 3.80. The van der Waals surface area contributed by atoms with Crippen LogP contribution in [-0.4, -0.2) is 0 Å². The molecule has 0 unspecified atom stereocenters. The van der Waals surface area contributed by atoms with Crippen LogP contribution >= 0.6 is 0 Å². The minimum atomic E-state index is 1.15. The smallest absolute Gasteiger partial charge is 0.0279 e. The lowest BCUT2D eigenvalue weighted by Gasteiger charge is -2.02. The van der Waals surface area contributed by atoms with Crippen LogP contribution in [0.4, 0.5) is 0 Å². The highest BCUT2D eigenvalue weighted by atomic mass is 14.0. The van der Waals surface area contributed by atoms with Gasteiger partial charge in [0, 0.05) is 0 Å². The molecule has 0 heterocycles. The molecule has 0 bridgehead atoms. The summed E-state index contributed by atoms with van der Waals surface area (Å²) in [6.45, 7) is 4.39. The van der Waals surface area contributed by atoms with Crippen LogP contribution in [-0.2, 0) is 0 Å². The van der Waals surface area contributed by atoms with Crippen molar-refractivity contribution in [3.05, 3.63) is 96.2 Å². The van der Waals surface area contributed by atoms with Crippen molar-refractivity contribution in [3.8, 4) is 0 Å². The molecular weight excluding hydrogens is 288 g/mol. The van der Waals surface area contributed by atoms with Gasteiger partial charge in [0.2, 0.25) is 0 Å². The first-order valence-electron chi connectivity index (χ1n) is 9.22. The lowest BCUT2D eigenvalue weighted by molar-refractivity contribution is 0.633. The van der Waals surface area contributed by atoms with Crippen molar-refractivity contribution < 1.29 is 0 Å². The second-order valence-electron chi connectivity index (χ2n) is 6.07. The summed E-state index contributed by atoms with van der Waals surface area (Å²) in [6, 6.07) is 0. The fourth-order valence-corrected chi connectivity index (χ4v) is 2.37. The highest BCUT2D eigenvalue weighted by molar-refractivity contribution is 5.31. The van der Waals surface area contributed by atoms with Gasteiger partial charge >= 0.3 is 0 Å². The summed E-state index contributed by atoms with van der Waals surface area (Å²) < 4.78 is 0. The predicted octanol–water partition coefficient (Wildman–Crippen LogP) is 7.57. The molecule has 0 saturated carbocycles. The van der Waals surface area contributed by atoms with E-state index in [0.717, 1.165) is 6.42 Å². The van der Waals surface area contributed by atoms with Gasteiger partial charge in [-0.15, -0.1) is 0 Å². The Bertz CT molecular complexity index is 557. The van der Waals surface area contributed by atoms with E-state index in [1.54, 1.807) is 0 Å². The summed E-state index contributed by atoms with van der Waals surface area (Å²) >= 11 is 0. The average Bonchev–Trinajstić information content (AvgIpc) is 2.57. The molecule has 0 saturated heterocycles. The normalized spacial score (nSPS) is 15.6. The Hall–Kier alpha value is -2.08. The second-order valence-corrected chi connectivity index (χ2v) is 6.07. The molecular formula is C24H32. The van der Waals surface area contributed by atoms with Gasteiger partial charge in [0.1, 0.15) is 0 Å². The molecule has 128 valence electrons. The minimum absolute atomic E-state index is 1.15. The molecule has 1 rings (SSSR count). The summed E-state index contributed by atoms with van der Waals surface area (Å²) in [5, 5.41) is 0. The van der Waals surface area contributed by atoms with E-state index >= 15 is 0 Å². The van der Waals surface area contributed by atoms with Crippen molar-refractivity contribution in [2.75, 3.05) is 0 Å². The number of hydrogen-bond donors (Lipinski definition) is 0. The second kappa shape index (κ2) is 14.5. The molecule has 0 N–H and O–H groups in total. The van der Waals surface area contributed by atoms with Crippen molar-refractivity contribution in [1.82, 2.24) is 0 Å². The van der Waals surface area contributed by atoms with Crippen LogP contribution in [0, 0.1) is 0 Å². The topological polar surface area (TPSA) is 0 Å². The first-order valence-corrected chi connectivity index (χ1v) is 9.22. The third-order valence-electron chi connectivity index (χ3n) is 3.80. The lowest BCUT2D eigenvalue weighted by atomic mass is 10.0. The highest BCUT2D eigenvalue weighted by Crippen LogP contribution is 2.13. The van der Waals surface area contributed by atoms with E-state index in [4.69, 9.17) is 0 Å². The van der Waals surface area contributed by atoms with Crippen LogP contribution in [0.3, 0.4) is 0 Å². The number of rotatable bonds is 6. The van der Waals surface area contributed by atoms with E-state index in [2.05, 4.69) is 80.7 Å². The molecule has 0 nitrogen and oxygen atoms in total. The maximum atomic E-state index is 2.26. The van der Waals surface area contributed by atoms with Crippen LogP contribution in [0.1, 0.15) is 52.4 Å². The molecule has 0 radical (unpaired) electrons. The fraction of sp³-hybridized carbons (Fsp3) is 0.333. The molecule has 0 aromatic carbocycles. The van der Waals surface area contributed by atoms with Crippen LogP contribution < -0.4 is 0 Å². The third kappa shape index (κ3) is 11.5. The van der Waals surface area contributed by atoms with Gasteiger partial charge in [-0.2, -0.15) is 0 Å². The van der Waals surface area contributed by atoms with Gasteiger partial charge in [-0.1, -0.05) is 123 Å². The van der Waals surface area contributed by atoms with Crippen LogP contribution in [0.5, 0.6) is 0 Å². The largest absolute Gasteiger partial charge is 0.0654 e. The molecule has 0 amide bonds. The summed E-state index contributed by atoms with van der Waals surface area (Å²) in [5.74, 6) is 0. The Morgan fingerprint density at radius 3 is 1.92 bits per heavy atom. The summed E-state index contributed by atoms with van der Waals surface area (Å²) in [5.41, 5.74) is 2.65. The molecule has 1 aliphatic carbocycles. The van der Waals surface area contributed by atoms with E-state index in [9.17, 15) is 0 Å². The SMILES string of the molecule is CCCCCCCC1=CC=CC(C)=CC=CC=CC=CC=CC=C1. The van der Waals surface area contributed by atoms with Crippen LogP contribution in [0.25, 0.3) is 0 Å². The van der Waals surface area contributed by atoms with Gasteiger partial charge in [-0.05, 0) is 25.3 Å². The Morgan fingerprint density at radius 1 is 0.583 bits per heavy atom. The van der Waals surface area contributed by atoms with Crippen molar-refractivity contribution in [2.45, 2.75) is 52.4 Å². The van der Waals surface area contributed by atoms with Crippen molar-refractivity contribution in [3.63, 3.8) is 0 Å². The number of hydrogen-bond acceptors (Lipinski definition) is 0. The number of allylic oxidation sites excluding steroid dienone is 16. The van der Waals surface area contributed by atoms with E-state index in [-0.39, 0.29) is 0 Å². The predicted molar refractivity (Wildman–Crippen MR) is 110 cm³/mol. The quantitative estimate of drug-likeness (QED) is 0.443. The summed E-state index contributed by atoms with van der Waals surface area (Å²) in [7, 11) is 0. The molecule has 0 atom stereocenters. The van der Waals surface area contributed by atoms with Crippen molar-refractivity contribution >= 4 is 0 Å². The molecule has 0 heteroatoms. The first kappa shape index (κ1) is 20.0. The van der Waals surface area contributed by atoms with Crippen LogP contribution in [0.15, 0.2) is 96.2 Å². The maximum Gasteiger partial charge on any atom is -0.0279 e. The lowest BCUT2D eigenvalue weighted by Crippen LogP contribution is -1.82. The van der Waals surface area contributed by atoms with Crippen molar-refractivity contribution in [2.24, 2.45) is 0 Å². The zero-order valence-corrected chi connectivity index (χ0v) is 15.3. The van der Waals surface area contributed by atoms with E-state index in [1.165, 1.54) is 43.3 Å². The minimum Gasteiger partial charge on any atom is -0.0654 e. The molecule has 0 aromatic heterocycles. The fourth-order valence-electron chi connectivity index (χ4n) is 2.37. The van der Waals surface area contributed by atoms with Gasteiger partial charge in [-0.25, -0.2) is 0 Å². The number of unbranched alkanes of at least 4 members (excludes halogenated alkanes) is 4. The van der Waals surface area contributed by atoms with E-state index in [1.807, 2.05) is 18.2 Å². The maximum absolute atomic E-state index is 2.26. The summed E-state index contributed by atoms with van der Waals surface area (Å²) in [6.07, 6.45) is 37.3. The monoisotopic (exact) mass is 320 g/mol. The molecule has 0 aromatic rings. The van der Waals surface area contributed by atoms with Gasteiger partial charge in [0.25, 0.3) is 0 Å². The zero-order valence-electron chi connectivity index (χ0n) is 15.3. The van der Waals surface area contributed by atoms with Gasteiger partial charge in [-0.3, -0.25) is 0 Å². The average molecular weight is 321 g/mol. The van der Waals surface area contributed by atoms with Crippen LogP contribution in [0.2, 0.25) is 0 Å². The van der Waals surface area contributed by atoms with Gasteiger partial charge in [0.15, 0.2) is 0 Å². The summed E-state index contributed by atoms with van der Waals surface area (Å²) in [4.78, 5) is 0. The zero-order chi connectivity index (χ0) is 17.3. The molecule has 0 spiro atoms.